The Morgan fingerprint density at radius 2 is 1.71 bits per heavy atom. The molecule has 0 aliphatic rings. The molecule has 0 atom stereocenters. The summed E-state index contributed by atoms with van der Waals surface area (Å²) in [6, 6.07) is 13.6. The zero-order valence-electron chi connectivity index (χ0n) is 8.88. The van der Waals surface area contributed by atoms with E-state index in [0.29, 0.717) is 10.0 Å². The summed E-state index contributed by atoms with van der Waals surface area (Å²) >= 11 is 15.3. The largest absolute Gasteiger partial charge is 0.381 e. The van der Waals surface area contributed by atoms with Crippen molar-refractivity contribution in [2.75, 3.05) is 5.32 Å². The summed E-state index contributed by atoms with van der Waals surface area (Å²) in [6.45, 7) is 0.732. The van der Waals surface area contributed by atoms with E-state index in [1.54, 1.807) is 6.07 Å². The quantitative estimate of drug-likeness (QED) is 0.797. The van der Waals surface area contributed by atoms with Gasteiger partial charge in [-0.15, -0.1) is 0 Å². The maximum atomic E-state index is 5.93. The van der Waals surface area contributed by atoms with E-state index in [4.69, 9.17) is 23.2 Å². The van der Waals surface area contributed by atoms with E-state index in [1.807, 2.05) is 24.3 Å². The van der Waals surface area contributed by atoms with Gasteiger partial charge in [-0.05, 0) is 35.9 Å². The molecule has 88 valence electrons. The van der Waals surface area contributed by atoms with Gasteiger partial charge in [0.1, 0.15) is 0 Å². The Bertz CT molecular complexity index is 508. The minimum Gasteiger partial charge on any atom is -0.381 e. The van der Waals surface area contributed by atoms with Crippen LogP contribution in [0.25, 0.3) is 0 Å². The number of hydrogen-bond acceptors (Lipinski definition) is 1. The first-order chi connectivity index (χ1) is 8.13. The summed E-state index contributed by atoms with van der Waals surface area (Å²) in [6.07, 6.45) is 0. The third-order valence-corrected chi connectivity index (χ3v) is 3.18. The van der Waals surface area contributed by atoms with Crippen LogP contribution in [0.4, 0.5) is 5.69 Å². The van der Waals surface area contributed by atoms with Crippen LogP contribution in [-0.4, -0.2) is 0 Å². The first-order valence-corrected chi connectivity index (χ1v) is 6.63. The van der Waals surface area contributed by atoms with Gasteiger partial charge in [0, 0.05) is 26.8 Å². The first kappa shape index (κ1) is 12.7. The molecule has 0 amide bonds. The molecule has 0 unspecified atom stereocenters. The molecule has 2 aromatic carbocycles. The molecule has 0 aliphatic heterocycles. The van der Waals surface area contributed by atoms with Crippen LogP contribution in [0.3, 0.4) is 0 Å². The third kappa shape index (κ3) is 3.91. The summed E-state index contributed by atoms with van der Waals surface area (Å²) in [4.78, 5) is 0. The number of anilines is 1. The van der Waals surface area contributed by atoms with Gasteiger partial charge in [0.2, 0.25) is 0 Å². The molecule has 1 N–H and O–H groups in total. The second-order valence-electron chi connectivity index (χ2n) is 3.64. The Morgan fingerprint density at radius 3 is 2.35 bits per heavy atom. The van der Waals surface area contributed by atoms with Crippen molar-refractivity contribution in [2.24, 2.45) is 0 Å². The molecule has 1 nitrogen and oxygen atoms in total. The first-order valence-electron chi connectivity index (χ1n) is 5.08. The van der Waals surface area contributed by atoms with Gasteiger partial charge in [0.25, 0.3) is 0 Å². The lowest BCUT2D eigenvalue weighted by atomic mass is 10.2. The van der Waals surface area contributed by atoms with Gasteiger partial charge in [-0.1, -0.05) is 51.3 Å². The summed E-state index contributed by atoms with van der Waals surface area (Å²) < 4.78 is 1.07. The zero-order valence-corrected chi connectivity index (χ0v) is 12.0. The van der Waals surface area contributed by atoms with E-state index >= 15 is 0 Å². The Balaban J connectivity index is 2.07. The minimum absolute atomic E-state index is 0.634. The molecule has 0 aromatic heterocycles. The van der Waals surface area contributed by atoms with Crippen LogP contribution in [0.1, 0.15) is 5.56 Å². The van der Waals surface area contributed by atoms with E-state index in [0.717, 1.165) is 16.7 Å². The molecule has 2 rings (SSSR count). The molecular weight excluding hydrogens is 321 g/mol. The molecule has 0 heterocycles. The third-order valence-electron chi connectivity index (χ3n) is 2.25. The van der Waals surface area contributed by atoms with Crippen LogP contribution >= 0.6 is 39.1 Å². The zero-order chi connectivity index (χ0) is 12.3. The van der Waals surface area contributed by atoms with Gasteiger partial charge >= 0.3 is 0 Å². The normalized spacial score (nSPS) is 10.3. The average molecular weight is 331 g/mol. The van der Waals surface area contributed by atoms with Crippen molar-refractivity contribution >= 4 is 44.8 Å². The van der Waals surface area contributed by atoms with Gasteiger partial charge < -0.3 is 5.32 Å². The second-order valence-corrected chi connectivity index (χ2v) is 5.43. The fraction of sp³-hybridized carbons (Fsp3) is 0.0769. The van der Waals surface area contributed by atoms with Crippen molar-refractivity contribution in [3.8, 4) is 0 Å². The van der Waals surface area contributed by atoms with Crippen LogP contribution in [0.5, 0.6) is 0 Å². The molecule has 0 saturated heterocycles. The Morgan fingerprint density at radius 1 is 1.00 bits per heavy atom. The molecule has 4 heteroatoms. The van der Waals surface area contributed by atoms with Crippen LogP contribution in [0, 0.1) is 0 Å². The number of rotatable bonds is 3. The smallest absolute Gasteiger partial charge is 0.0441 e. The Labute approximate surface area is 119 Å². The average Bonchev–Trinajstić information content (AvgIpc) is 2.25. The molecule has 0 bridgehead atoms. The van der Waals surface area contributed by atoms with E-state index in [-0.39, 0.29) is 0 Å². The Kier molecular flexibility index (Phi) is 4.32. The van der Waals surface area contributed by atoms with Crippen LogP contribution in [0.15, 0.2) is 46.9 Å². The van der Waals surface area contributed by atoms with Crippen molar-refractivity contribution < 1.29 is 0 Å². The minimum atomic E-state index is 0.634. The highest BCUT2D eigenvalue weighted by Crippen LogP contribution is 2.23. The fourth-order valence-corrected chi connectivity index (χ4v) is 2.48. The van der Waals surface area contributed by atoms with Crippen molar-refractivity contribution in [2.45, 2.75) is 6.54 Å². The molecule has 0 radical (unpaired) electrons. The predicted molar refractivity (Wildman–Crippen MR) is 77.9 cm³/mol. The van der Waals surface area contributed by atoms with Crippen molar-refractivity contribution in [3.05, 3.63) is 62.5 Å². The summed E-state index contributed by atoms with van der Waals surface area (Å²) in [5.74, 6) is 0. The van der Waals surface area contributed by atoms with E-state index in [2.05, 4.69) is 33.4 Å². The summed E-state index contributed by atoms with van der Waals surface area (Å²) in [5.41, 5.74) is 2.11. The van der Waals surface area contributed by atoms with Crippen LogP contribution in [0.2, 0.25) is 10.0 Å². The van der Waals surface area contributed by atoms with Crippen LogP contribution in [-0.2, 0) is 6.54 Å². The van der Waals surface area contributed by atoms with Gasteiger partial charge in [0.05, 0.1) is 0 Å². The number of benzene rings is 2. The molecule has 2 aromatic rings. The summed E-state index contributed by atoms with van der Waals surface area (Å²) in [5, 5.41) is 4.55. The Hall–Kier alpha value is -0.700. The number of halogens is 3. The van der Waals surface area contributed by atoms with Crippen LogP contribution < -0.4 is 5.32 Å². The van der Waals surface area contributed by atoms with Gasteiger partial charge in [-0.3, -0.25) is 0 Å². The van der Waals surface area contributed by atoms with Crippen molar-refractivity contribution in [1.82, 2.24) is 0 Å². The molecule has 0 fully saturated rings. The highest BCUT2D eigenvalue weighted by Gasteiger charge is 1.98. The maximum Gasteiger partial charge on any atom is 0.0441 e. The second kappa shape index (κ2) is 5.76. The highest BCUT2D eigenvalue weighted by molar-refractivity contribution is 9.10. The lowest BCUT2D eigenvalue weighted by Crippen LogP contribution is -1.99. The lowest BCUT2D eigenvalue weighted by Gasteiger charge is -2.08. The SMILES string of the molecule is Clc1cc(Cl)cc(NCc2cccc(Br)c2)c1. The van der Waals surface area contributed by atoms with Gasteiger partial charge in [-0.2, -0.15) is 0 Å². The highest BCUT2D eigenvalue weighted by atomic mass is 79.9. The predicted octanol–water partition coefficient (Wildman–Crippen LogP) is 5.37. The van der Waals surface area contributed by atoms with Gasteiger partial charge in [0.15, 0.2) is 0 Å². The molecule has 0 aliphatic carbocycles. The topological polar surface area (TPSA) is 12.0 Å². The maximum absolute atomic E-state index is 5.93. The van der Waals surface area contributed by atoms with Gasteiger partial charge in [-0.25, -0.2) is 0 Å². The van der Waals surface area contributed by atoms with E-state index in [9.17, 15) is 0 Å². The standard InChI is InChI=1S/C13H10BrCl2N/c14-10-3-1-2-9(4-10)8-17-13-6-11(15)5-12(16)7-13/h1-7,17H,8H2. The molecule has 0 saturated carbocycles. The fourth-order valence-electron chi connectivity index (χ4n) is 1.51. The monoisotopic (exact) mass is 329 g/mol. The number of hydrogen-bond donors (Lipinski definition) is 1. The van der Waals surface area contributed by atoms with Crippen molar-refractivity contribution in [3.63, 3.8) is 0 Å². The lowest BCUT2D eigenvalue weighted by molar-refractivity contribution is 1.15. The number of nitrogens with one attached hydrogen (secondary N) is 1. The van der Waals surface area contributed by atoms with E-state index in [1.165, 1.54) is 5.56 Å². The molecule has 0 spiro atoms. The van der Waals surface area contributed by atoms with E-state index < -0.39 is 0 Å². The summed E-state index contributed by atoms with van der Waals surface area (Å²) in [7, 11) is 0. The van der Waals surface area contributed by atoms with Crippen molar-refractivity contribution in [1.29, 1.82) is 0 Å². The molecular formula is C13H10BrCl2N. The molecule has 17 heavy (non-hydrogen) atoms.